The third-order valence-electron chi connectivity index (χ3n) is 6.02. The van der Waals surface area contributed by atoms with E-state index in [2.05, 4.69) is 16.6 Å². The van der Waals surface area contributed by atoms with E-state index in [9.17, 15) is 4.79 Å². The van der Waals surface area contributed by atoms with E-state index in [1.165, 1.54) is 32.1 Å². The summed E-state index contributed by atoms with van der Waals surface area (Å²) in [6.07, 6.45) is 6.87. The fourth-order valence-electron chi connectivity index (χ4n) is 5.36. The summed E-state index contributed by atoms with van der Waals surface area (Å²) in [6.45, 7) is 1.81. The first-order valence-electron chi connectivity index (χ1n) is 7.87. The minimum absolute atomic E-state index is 0.199. The highest BCUT2D eigenvalue weighted by molar-refractivity contribution is 6.41. The highest BCUT2D eigenvalue weighted by Gasteiger charge is 2.52. The number of rotatable bonds is 2. The van der Waals surface area contributed by atoms with Crippen molar-refractivity contribution < 1.29 is 4.79 Å². The van der Waals surface area contributed by atoms with Gasteiger partial charge in [0.15, 0.2) is 5.78 Å². The molecule has 1 atom stereocenters. The fraction of sp³-hybridized carbons (Fsp3) is 0.812. The molecule has 0 aromatic carbocycles. The van der Waals surface area contributed by atoms with Crippen LogP contribution in [-0.2, 0) is 4.79 Å². The molecule has 0 radical (unpaired) electrons. The van der Waals surface area contributed by atoms with E-state index in [1.54, 1.807) is 0 Å². The van der Waals surface area contributed by atoms with E-state index in [-0.39, 0.29) is 11.7 Å². The molecule has 106 valence electrons. The van der Waals surface area contributed by atoms with Crippen LogP contribution in [0.1, 0.15) is 45.4 Å². The Labute approximate surface area is 119 Å². The van der Waals surface area contributed by atoms with E-state index in [0.717, 1.165) is 11.8 Å². The molecule has 4 aliphatic carbocycles. The van der Waals surface area contributed by atoms with Crippen LogP contribution in [0, 0.1) is 40.9 Å². The van der Waals surface area contributed by atoms with Gasteiger partial charge >= 0.3 is 0 Å². The normalized spacial score (nSPS) is 48.6. The van der Waals surface area contributed by atoms with Crippen molar-refractivity contribution in [1.29, 1.82) is 5.26 Å². The second-order valence-electron chi connectivity index (χ2n) is 7.61. The molecule has 0 spiro atoms. The molecular weight excluding hydrogens is 250 g/mol. The molecule has 1 aliphatic heterocycles. The van der Waals surface area contributed by atoms with Crippen molar-refractivity contribution in [3.63, 3.8) is 0 Å². The third-order valence-corrected chi connectivity index (χ3v) is 6.02. The molecule has 0 aromatic heterocycles. The zero-order valence-corrected chi connectivity index (χ0v) is 11.9. The summed E-state index contributed by atoms with van der Waals surface area (Å²) >= 11 is 0. The van der Waals surface area contributed by atoms with E-state index in [4.69, 9.17) is 5.26 Å². The van der Waals surface area contributed by atoms with Gasteiger partial charge in [0.05, 0.1) is 6.07 Å². The van der Waals surface area contributed by atoms with E-state index in [1.807, 2.05) is 6.92 Å². The Morgan fingerprint density at radius 3 is 2.35 bits per heavy atom. The smallest absolute Gasteiger partial charge is 0.182 e. The SMILES string of the molecule is CC1(C#N)CC(C(=O)C2C3CC4CC(C3)CC2C4)=NN1. The monoisotopic (exact) mass is 271 g/mol. The molecule has 5 rings (SSSR count). The van der Waals surface area contributed by atoms with Crippen molar-refractivity contribution >= 4 is 11.5 Å². The topological polar surface area (TPSA) is 65.2 Å². The number of Topliss-reactive ketones (excluding diaryl/α,β-unsaturated/α-hetero) is 1. The van der Waals surface area contributed by atoms with Crippen LogP contribution in [0.5, 0.6) is 0 Å². The Morgan fingerprint density at radius 1 is 1.25 bits per heavy atom. The molecule has 4 saturated carbocycles. The first-order valence-corrected chi connectivity index (χ1v) is 7.87. The summed E-state index contributed by atoms with van der Waals surface area (Å²) in [5.74, 6) is 3.39. The Morgan fingerprint density at radius 2 is 1.85 bits per heavy atom. The summed E-state index contributed by atoms with van der Waals surface area (Å²) in [4.78, 5) is 12.9. The number of hydrazone groups is 1. The molecule has 0 amide bonds. The summed E-state index contributed by atoms with van der Waals surface area (Å²) in [5.41, 5.74) is 2.78. The third kappa shape index (κ3) is 1.72. The van der Waals surface area contributed by atoms with Crippen LogP contribution in [0.2, 0.25) is 0 Å². The second kappa shape index (κ2) is 4.07. The van der Waals surface area contributed by atoms with Crippen LogP contribution in [0.25, 0.3) is 0 Å². The first-order chi connectivity index (χ1) is 9.58. The molecule has 4 fully saturated rings. The molecule has 0 aromatic rings. The van der Waals surface area contributed by atoms with Crippen molar-refractivity contribution in [2.24, 2.45) is 34.7 Å². The minimum Gasteiger partial charge on any atom is -0.292 e. The molecule has 0 saturated heterocycles. The van der Waals surface area contributed by atoms with Gasteiger partial charge in [-0.3, -0.25) is 10.2 Å². The second-order valence-corrected chi connectivity index (χ2v) is 7.61. The van der Waals surface area contributed by atoms with Crippen LogP contribution in [0.3, 0.4) is 0 Å². The van der Waals surface area contributed by atoms with Crippen LogP contribution in [0.15, 0.2) is 5.10 Å². The number of hydrogen-bond donors (Lipinski definition) is 1. The van der Waals surface area contributed by atoms with Crippen LogP contribution >= 0.6 is 0 Å². The standard InChI is InChI=1S/C16H21N3O/c1-16(8-17)7-13(18-19-16)15(20)14-11-3-9-2-10(5-11)6-12(14)4-9/h9-12,14,19H,2-7H2,1H3. The van der Waals surface area contributed by atoms with Gasteiger partial charge in [-0.1, -0.05) is 0 Å². The van der Waals surface area contributed by atoms with Gasteiger partial charge in [0.25, 0.3) is 0 Å². The van der Waals surface area contributed by atoms with E-state index in [0.29, 0.717) is 24.0 Å². The van der Waals surface area contributed by atoms with Gasteiger partial charge in [0.2, 0.25) is 0 Å². The van der Waals surface area contributed by atoms with Gasteiger partial charge in [-0.15, -0.1) is 0 Å². The molecule has 5 aliphatic rings. The molecule has 1 heterocycles. The zero-order valence-electron chi connectivity index (χ0n) is 11.9. The van der Waals surface area contributed by atoms with Gasteiger partial charge < -0.3 is 0 Å². The predicted octanol–water partition coefficient (Wildman–Crippen LogP) is 2.26. The summed E-state index contributed by atoms with van der Waals surface area (Å²) in [5, 5.41) is 13.3. The van der Waals surface area contributed by atoms with Crippen molar-refractivity contribution in [2.45, 2.75) is 51.0 Å². The van der Waals surface area contributed by atoms with Crippen molar-refractivity contribution in [2.75, 3.05) is 0 Å². The summed E-state index contributed by atoms with van der Waals surface area (Å²) in [6, 6.07) is 2.21. The van der Waals surface area contributed by atoms with E-state index < -0.39 is 5.54 Å². The van der Waals surface area contributed by atoms with Gasteiger partial charge in [-0.2, -0.15) is 10.4 Å². The van der Waals surface area contributed by atoms with Crippen LogP contribution in [0.4, 0.5) is 0 Å². The maximum Gasteiger partial charge on any atom is 0.182 e. The predicted molar refractivity (Wildman–Crippen MR) is 74.7 cm³/mol. The summed E-state index contributed by atoms with van der Waals surface area (Å²) in [7, 11) is 0. The lowest BCUT2D eigenvalue weighted by Crippen LogP contribution is -2.49. The van der Waals surface area contributed by atoms with Gasteiger partial charge in [0.1, 0.15) is 11.3 Å². The van der Waals surface area contributed by atoms with Crippen molar-refractivity contribution in [1.82, 2.24) is 5.43 Å². The molecule has 4 nitrogen and oxygen atoms in total. The Bertz CT molecular complexity index is 504. The first kappa shape index (κ1) is 12.4. The molecular formula is C16H21N3O. The van der Waals surface area contributed by atoms with Gasteiger partial charge in [-0.05, 0) is 62.7 Å². The average Bonchev–Trinajstić information content (AvgIpc) is 2.81. The molecule has 4 bridgehead atoms. The number of nitriles is 1. The number of nitrogens with one attached hydrogen (secondary N) is 1. The quantitative estimate of drug-likeness (QED) is 0.837. The zero-order chi connectivity index (χ0) is 13.9. The number of nitrogens with zero attached hydrogens (tertiary/aromatic N) is 2. The van der Waals surface area contributed by atoms with Crippen molar-refractivity contribution in [3.8, 4) is 6.07 Å². The van der Waals surface area contributed by atoms with Crippen molar-refractivity contribution in [3.05, 3.63) is 0 Å². The maximum atomic E-state index is 12.9. The molecule has 1 unspecified atom stereocenters. The molecule has 4 heteroatoms. The fourth-order valence-corrected chi connectivity index (χ4v) is 5.36. The Kier molecular flexibility index (Phi) is 2.52. The number of ketones is 1. The van der Waals surface area contributed by atoms with Gasteiger partial charge in [-0.25, -0.2) is 0 Å². The van der Waals surface area contributed by atoms with Gasteiger partial charge in [0, 0.05) is 12.3 Å². The lowest BCUT2D eigenvalue weighted by molar-refractivity contribution is -0.129. The Balaban J connectivity index is 1.54. The summed E-state index contributed by atoms with van der Waals surface area (Å²) < 4.78 is 0. The molecule has 20 heavy (non-hydrogen) atoms. The number of carbonyl (C=O) groups excluding carboxylic acids is 1. The minimum atomic E-state index is -0.684. The highest BCUT2D eigenvalue weighted by atomic mass is 16.1. The highest BCUT2D eigenvalue weighted by Crippen LogP contribution is 2.56. The van der Waals surface area contributed by atoms with Crippen LogP contribution < -0.4 is 5.43 Å². The lowest BCUT2D eigenvalue weighted by Gasteiger charge is -2.53. The largest absolute Gasteiger partial charge is 0.292 e. The Hall–Kier alpha value is -1.37. The lowest BCUT2D eigenvalue weighted by atomic mass is 9.51. The van der Waals surface area contributed by atoms with Crippen LogP contribution in [-0.4, -0.2) is 17.0 Å². The maximum absolute atomic E-state index is 12.9. The molecule has 1 N–H and O–H groups in total. The number of carbonyl (C=O) groups is 1. The average molecular weight is 271 g/mol. The van der Waals surface area contributed by atoms with E-state index >= 15 is 0 Å². The number of hydrogen-bond acceptors (Lipinski definition) is 4.